The summed E-state index contributed by atoms with van der Waals surface area (Å²) in [5.41, 5.74) is 1.77. The van der Waals surface area contributed by atoms with E-state index in [0.29, 0.717) is 40.0 Å². The van der Waals surface area contributed by atoms with Crippen LogP contribution in [0.15, 0.2) is 57.4 Å². The van der Waals surface area contributed by atoms with Gasteiger partial charge < -0.3 is 9.84 Å². The number of allylic oxidation sites excluding steroid dienone is 1. The highest BCUT2D eigenvalue weighted by molar-refractivity contribution is 9.10. The molecule has 0 aliphatic heterocycles. The molecule has 0 amide bonds. The van der Waals surface area contributed by atoms with Gasteiger partial charge in [-0.25, -0.2) is 4.98 Å². The van der Waals surface area contributed by atoms with E-state index < -0.39 is 0 Å². The standard InChI is InChI=1S/C23H24BrN3O3/c1-5-7-16-10-15(11-20(30-4)21(16)28)13-25-27-22(14(3)6-2)26-19-9-8-17(24)12-18(19)23(27)29/h5,8-14,28H,1,6-7H2,2-4H3/t14-/m1/s1. The number of rotatable bonds is 7. The van der Waals surface area contributed by atoms with E-state index in [2.05, 4.69) is 27.6 Å². The molecule has 0 saturated carbocycles. The van der Waals surface area contributed by atoms with Gasteiger partial charge in [-0.15, -0.1) is 6.58 Å². The minimum absolute atomic E-state index is 0.0496. The van der Waals surface area contributed by atoms with Crippen LogP contribution in [0.5, 0.6) is 11.5 Å². The predicted molar refractivity (Wildman–Crippen MR) is 124 cm³/mol. The van der Waals surface area contributed by atoms with Gasteiger partial charge in [-0.3, -0.25) is 4.79 Å². The first kappa shape index (κ1) is 21.8. The van der Waals surface area contributed by atoms with E-state index in [1.54, 1.807) is 30.5 Å². The van der Waals surface area contributed by atoms with Crippen molar-refractivity contribution in [1.82, 2.24) is 9.66 Å². The molecular weight excluding hydrogens is 446 g/mol. The molecule has 0 radical (unpaired) electrons. The minimum Gasteiger partial charge on any atom is -0.504 e. The van der Waals surface area contributed by atoms with Crippen molar-refractivity contribution in [3.63, 3.8) is 0 Å². The van der Waals surface area contributed by atoms with E-state index in [1.165, 1.54) is 11.8 Å². The molecule has 0 bridgehead atoms. The third-order valence-corrected chi connectivity index (χ3v) is 5.46. The topological polar surface area (TPSA) is 76.7 Å². The highest BCUT2D eigenvalue weighted by atomic mass is 79.9. The van der Waals surface area contributed by atoms with Crippen LogP contribution >= 0.6 is 15.9 Å². The number of hydrogen-bond acceptors (Lipinski definition) is 5. The SMILES string of the molecule is C=CCc1cc(C=Nn2c([C@H](C)CC)nc3ccc(Br)cc3c2=O)cc(OC)c1O. The molecule has 0 fully saturated rings. The number of aromatic hydroxyl groups is 1. The number of halogens is 1. The molecule has 0 spiro atoms. The van der Waals surface area contributed by atoms with E-state index >= 15 is 0 Å². The lowest BCUT2D eigenvalue weighted by Crippen LogP contribution is -2.23. The van der Waals surface area contributed by atoms with E-state index in [4.69, 9.17) is 9.72 Å². The van der Waals surface area contributed by atoms with Gasteiger partial charge in [0.05, 0.1) is 24.2 Å². The Bertz CT molecular complexity index is 1180. The van der Waals surface area contributed by atoms with Gasteiger partial charge in [0.25, 0.3) is 5.56 Å². The third-order valence-electron chi connectivity index (χ3n) is 4.97. The molecular formula is C23H24BrN3O3. The number of ether oxygens (including phenoxy) is 1. The number of phenols is 1. The Labute approximate surface area is 183 Å². The van der Waals surface area contributed by atoms with Crippen molar-refractivity contribution in [2.24, 2.45) is 5.10 Å². The maximum absolute atomic E-state index is 13.2. The van der Waals surface area contributed by atoms with Crippen molar-refractivity contribution < 1.29 is 9.84 Å². The van der Waals surface area contributed by atoms with Crippen LogP contribution in [0.25, 0.3) is 10.9 Å². The second-order valence-corrected chi connectivity index (χ2v) is 7.94. The largest absolute Gasteiger partial charge is 0.504 e. The number of methoxy groups -OCH3 is 1. The second-order valence-electron chi connectivity index (χ2n) is 7.03. The van der Waals surface area contributed by atoms with Gasteiger partial charge in [-0.1, -0.05) is 35.9 Å². The number of phenolic OH excluding ortho intramolecular Hbond substituents is 1. The van der Waals surface area contributed by atoms with Crippen molar-refractivity contribution in [1.29, 1.82) is 0 Å². The first-order chi connectivity index (χ1) is 14.4. The molecule has 2 aromatic carbocycles. The van der Waals surface area contributed by atoms with Crippen LogP contribution in [-0.4, -0.2) is 28.1 Å². The van der Waals surface area contributed by atoms with Crippen molar-refractivity contribution in [3.8, 4) is 11.5 Å². The fourth-order valence-electron chi connectivity index (χ4n) is 3.13. The molecule has 3 aromatic rings. The molecule has 0 aliphatic rings. The average Bonchev–Trinajstić information content (AvgIpc) is 2.74. The van der Waals surface area contributed by atoms with Crippen molar-refractivity contribution in [2.75, 3.05) is 7.11 Å². The van der Waals surface area contributed by atoms with Crippen LogP contribution in [0, 0.1) is 0 Å². The molecule has 6 nitrogen and oxygen atoms in total. The van der Waals surface area contributed by atoms with Crippen molar-refractivity contribution >= 4 is 33.0 Å². The predicted octanol–water partition coefficient (Wildman–Crippen LogP) is 5.00. The fraction of sp³-hybridized carbons (Fsp3) is 0.261. The second kappa shape index (κ2) is 9.26. The molecule has 30 heavy (non-hydrogen) atoms. The van der Waals surface area contributed by atoms with Crippen LogP contribution in [-0.2, 0) is 6.42 Å². The summed E-state index contributed by atoms with van der Waals surface area (Å²) in [6, 6.07) is 8.91. The van der Waals surface area contributed by atoms with Crippen LogP contribution in [0.4, 0.5) is 0 Å². The maximum Gasteiger partial charge on any atom is 0.282 e. The Morgan fingerprint density at radius 3 is 2.80 bits per heavy atom. The van der Waals surface area contributed by atoms with Gasteiger partial charge in [0.2, 0.25) is 0 Å². The summed E-state index contributed by atoms with van der Waals surface area (Å²) in [6.07, 6.45) is 4.58. The molecule has 1 atom stereocenters. The number of hydrogen-bond donors (Lipinski definition) is 1. The van der Waals surface area contributed by atoms with Gasteiger partial charge in [-0.05, 0) is 48.7 Å². The smallest absolute Gasteiger partial charge is 0.282 e. The maximum atomic E-state index is 13.2. The molecule has 1 N–H and O–H groups in total. The highest BCUT2D eigenvalue weighted by Gasteiger charge is 2.16. The van der Waals surface area contributed by atoms with Gasteiger partial charge in [0.15, 0.2) is 11.5 Å². The Kier molecular flexibility index (Phi) is 6.72. The Morgan fingerprint density at radius 1 is 1.37 bits per heavy atom. The van der Waals surface area contributed by atoms with Crippen molar-refractivity contribution in [3.05, 3.63) is 74.8 Å². The molecule has 7 heteroatoms. The lowest BCUT2D eigenvalue weighted by Gasteiger charge is -2.14. The Balaban J connectivity index is 2.18. The number of aromatic nitrogens is 2. The molecule has 0 unspecified atom stereocenters. The quantitative estimate of drug-likeness (QED) is 0.390. The minimum atomic E-state index is -0.232. The summed E-state index contributed by atoms with van der Waals surface area (Å²) in [6.45, 7) is 7.78. The number of fused-ring (bicyclic) bond motifs is 1. The zero-order valence-corrected chi connectivity index (χ0v) is 18.8. The normalized spacial score (nSPS) is 12.4. The molecule has 1 aromatic heterocycles. The van der Waals surface area contributed by atoms with E-state index in [0.717, 1.165) is 10.9 Å². The number of nitrogens with zero attached hydrogens (tertiary/aromatic N) is 3. The third kappa shape index (κ3) is 4.31. The zero-order valence-electron chi connectivity index (χ0n) is 17.2. The van der Waals surface area contributed by atoms with Gasteiger partial charge in [-0.2, -0.15) is 9.78 Å². The van der Waals surface area contributed by atoms with Gasteiger partial charge in [0, 0.05) is 16.0 Å². The lowest BCUT2D eigenvalue weighted by molar-refractivity contribution is 0.371. The molecule has 0 saturated heterocycles. The van der Waals surface area contributed by atoms with Crippen LogP contribution in [0.2, 0.25) is 0 Å². The first-order valence-corrected chi connectivity index (χ1v) is 10.5. The van der Waals surface area contributed by atoms with Crippen LogP contribution < -0.4 is 10.3 Å². The average molecular weight is 470 g/mol. The van der Waals surface area contributed by atoms with E-state index in [9.17, 15) is 9.90 Å². The van der Waals surface area contributed by atoms with Gasteiger partial charge in [0.1, 0.15) is 5.82 Å². The van der Waals surface area contributed by atoms with E-state index in [1.807, 2.05) is 26.0 Å². The van der Waals surface area contributed by atoms with E-state index in [-0.39, 0.29) is 17.2 Å². The molecule has 3 rings (SSSR count). The summed E-state index contributed by atoms with van der Waals surface area (Å²) in [4.78, 5) is 17.9. The molecule has 1 heterocycles. The van der Waals surface area contributed by atoms with Crippen molar-refractivity contribution in [2.45, 2.75) is 32.6 Å². The monoisotopic (exact) mass is 469 g/mol. The highest BCUT2D eigenvalue weighted by Crippen LogP contribution is 2.31. The molecule has 156 valence electrons. The van der Waals surface area contributed by atoms with Crippen LogP contribution in [0.1, 0.15) is 43.1 Å². The van der Waals surface area contributed by atoms with Gasteiger partial charge >= 0.3 is 0 Å². The Morgan fingerprint density at radius 2 is 2.13 bits per heavy atom. The summed E-state index contributed by atoms with van der Waals surface area (Å²) in [5, 5.41) is 15.2. The van der Waals surface area contributed by atoms with Crippen LogP contribution in [0.3, 0.4) is 0 Å². The lowest BCUT2D eigenvalue weighted by atomic mass is 10.1. The first-order valence-electron chi connectivity index (χ1n) is 9.66. The fourth-order valence-corrected chi connectivity index (χ4v) is 3.49. The number of benzene rings is 2. The molecule has 0 aliphatic carbocycles. The summed E-state index contributed by atoms with van der Waals surface area (Å²) in [7, 11) is 1.49. The summed E-state index contributed by atoms with van der Waals surface area (Å²) >= 11 is 3.41. The summed E-state index contributed by atoms with van der Waals surface area (Å²) < 4.78 is 7.43. The summed E-state index contributed by atoms with van der Waals surface area (Å²) in [5.74, 6) is 1.06. The zero-order chi connectivity index (χ0) is 21.8. The Hall–Kier alpha value is -2.93.